The van der Waals surface area contributed by atoms with E-state index in [1.807, 2.05) is 36.4 Å². The van der Waals surface area contributed by atoms with Crippen LogP contribution in [0.4, 0.5) is 0 Å². The molecule has 2 amide bonds. The molecule has 5 nitrogen and oxygen atoms in total. The van der Waals surface area contributed by atoms with Crippen molar-refractivity contribution in [2.75, 3.05) is 0 Å². The van der Waals surface area contributed by atoms with Gasteiger partial charge in [-0.1, -0.05) is 43.5 Å². The maximum Gasteiger partial charge on any atom is 0.243 e. The molecule has 5 heteroatoms. The van der Waals surface area contributed by atoms with Gasteiger partial charge >= 0.3 is 0 Å². The number of carbonyl (C=O) groups is 2. The van der Waals surface area contributed by atoms with Crippen LogP contribution in [0.25, 0.3) is 6.08 Å². The molecule has 0 saturated carbocycles. The summed E-state index contributed by atoms with van der Waals surface area (Å²) in [5.41, 5.74) is 15.9. The smallest absolute Gasteiger partial charge is 0.243 e. The van der Waals surface area contributed by atoms with Gasteiger partial charge in [-0.3, -0.25) is 9.59 Å². The first kappa shape index (κ1) is 19.5. The summed E-state index contributed by atoms with van der Waals surface area (Å²) >= 11 is 0. The minimum atomic E-state index is -0.481. The van der Waals surface area contributed by atoms with E-state index in [0.717, 1.165) is 11.6 Å². The van der Waals surface area contributed by atoms with E-state index in [-0.39, 0.29) is 0 Å². The fourth-order valence-corrected chi connectivity index (χ4v) is 0.675. The highest BCUT2D eigenvalue weighted by molar-refractivity contribution is 5.90. The monoisotopic (exact) mass is 275 g/mol. The predicted molar refractivity (Wildman–Crippen MR) is 83.1 cm³/mol. The molecule has 0 bridgehead atoms. The summed E-state index contributed by atoms with van der Waals surface area (Å²) in [6, 6.07) is 9.95. The third kappa shape index (κ3) is 15.2. The van der Waals surface area contributed by atoms with Gasteiger partial charge in [-0.2, -0.15) is 0 Å². The first-order valence-corrected chi connectivity index (χ1v) is 5.65. The highest BCUT2D eigenvalue weighted by atomic mass is 16.1. The second-order valence-electron chi connectivity index (χ2n) is 3.52. The number of nitrogens with two attached hydrogens (primary N) is 3. The fraction of sp³-hybridized carbons (Fsp3) is 0.0667. The molecule has 6 N–H and O–H groups in total. The fourth-order valence-electron chi connectivity index (χ4n) is 0.675. The molecule has 20 heavy (non-hydrogen) atoms. The molecule has 0 aliphatic heterocycles. The molecular weight excluding hydrogens is 254 g/mol. The van der Waals surface area contributed by atoms with Crippen molar-refractivity contribution in [3.8, 4) is 0 Å². The van der Waals surface area contributed by atoms with Crippen LogP contribution in [0.3, 0.4) is 0 Å². The molecule has 0 saturated heterocycles. The third-order valence-electron chi connectivity index (χ3n) is 1.71. The van der Waals surface area contributed by atoms with E-state index >= 15 is 0 Å². The van der Waals surface area contributed by atoms with E-state index in [1.165, 1.54) is 6.20 Å². The standard InChI is InChI=1S/C8H9N.C4H7NO.C3H5NO/c9-7-6-8-4-2-1-3-5-8;1-3(2)4(5)6;1-2-3(4)5/h1-7H,9H2;1H2,2H3,(H2,5,6);2H,1H2,(H2,4,5). The normalized spacial score (nSPS) is 8.45. The van der Waals surface area contributed by atoms with Gasteiger partial charge < -0.3 is 17.2 Å². The van der Waals surface area contributed by atoms with Gasteiger partial charge in [0, 0.05) is 5.57 Å². The van der Waals surface area contributed by atoms with Crippen LogP contribution < -0.4 is 17.2 Å². The summed E-state index contributed by atoms with van der Waals surface area (Å²) in [5.74, 6) is -0.917. The second kappa shape index (κ2) is 12.6. The van der Waals surface area contributed by atoms with E-state index in [9.17, 15) is 9.59 Å². The average Bonchev–Trinajstić information content (AvgIpc) is 2.41. The van der Waals surface area contributed by atoms with E-state index in [4.69, 9.17) is 11.5 Å². The van der Waals surface area contributed by atoms with Crippen molar-refractivity contribution in [3.05, 3.63) is 66.9 Å². The van der Waals surface area contributed by atoms with Gasteiger partial charge in [0.1, 0.15) is 0 Å². The van der Waals surface area contributed by atoms with Gasteiger partial charge in [0.25, 0.3) is 0 Å². The number of hydrogen-bond donors (Lipinski definition) is 3. The minimum Gasteiger partial charge on any atom is -0.405 e. The number of amides is 2. The SMILES string of the molecule is C=C(C)C(N)=O.C=CC(N)=O.NC=Cc1ccccc1. The molecule has 0 spiro atoms. The molecule has 1 aromatic carbocycles. The Kier molecular flexibility index (Phi) is 12.3. The van der Waals surface area contributed by atoms with Crippen molar-refractivity contribution < 1.29 is 9.59 Å². The van der Waals surface area contributed by atoms with Crippen LogP contribution in [0.15, 0.2) is 61.3 Å². The maximum atomic E-state index is 9.82. The van der Waals surface area contributed by atoms with Gasteiger partial charge in [0.05, 0.1) is 0 Å². The molecule has 0 heterocycles. The predicted octanol–water partition coefficient (Wildman–Crippen LogP) is 1.32. The zero-order valence-corrected chi connectivity index (χ0v) is 11.6. The molecule has 0 unspecified atom stereocenters. The Bertz CT molecular complexity index is 453. The van der Waals surface area contributed by atoms with E-state index in [1.54, 1.807) is 6.92 Å². The van der Waals surface area contributed by atoms with Crippen molar-refractivity contribution in [3.63, 3.8) is 0 Å². The summed E-state index contributed by atoms with van der Waals surface area (Å²) < 4.78 is 0. The van der Waals surface area contributed by atoms with Crippen molar-refractivity contribution in [1.29, 1.82) is 0 Å². The van der Waals surface area contributed by atoms with Gasteiger partial charge in [0.2, 0.25) is 11.8 Å². The first-order chi connectivity index (χ1) is 9.34. The van der Waals surface area contributed by atoms with Crippen LogP contribution in [-0.4, -0.2) is 11.8 Å². The lowest BCUT2D eigenvalue weighted by Gasteiger charge is -1.86. The highest BCUT2D eigenvalue weighted by Gasteiger charge is 1.86. The molecule has 0 aliphatic rings. The Morgan fingerprint density at radius 1 is 1.15 bits per heavy atom. The van der Waals surface area contributed by atoms with E-state index in [0.29, 0.717) is 5.57 Å². The minimum absolute atomic E-state index is 0.398. The van der Waals surface area contributed by atoms with Crippen molar-refractivity contribution in [1.82, 2.24) is 0 Å². The van der Waals surface area contributed by atoms with Crippen molar-refractivity contribution in [2.24, 2.45) is 17.2 Å². The van der Waals surface area contributed by atoms with Gasteiger partial charge in [-0.15, -0.1) is 0 Å². The Hall–Kier alpha value is -2.82. The number of hydrogen-bond acceptors (Lipinski definition) is 3. The molecule has 1 aromatic rings. The van der Waals surface area contributed by atoms with E-state index in [2.05, 4.69) is 18.9 Å². The zero-order chi connectivity index (χ0) is 16.0. The van der Waals surface area contributed by atoms with Crippen LogP contribution in [0, 0.1) is 0 Å². The van der Waals surface area contributed by atoms with Gasteiger partial charge in [0.15, 0.2) is 0 Å². The molecule has 0 fully saturated rings. The summed E-state index contributed by atoms with van der Waals surface area (Å²) in [7, 11) is 0. The number of carbonyl (C=O) groups excluding carboxylic acids is 2. The summed E-state index contributed by atoms with van der Waals surface area (Å²) in [6.45, 7) is 7.94. The lowest BCUT2D eigenvalue weighted by Crippen LogP contribution is -2.10. The Morgan fingerprint density at radius 2 is 1.55 bits per heavy atom. The summed E-state index contributed by atoms with van der Waals surface area (Å²) in [6.07, 6.45) is 4.45. The Balaban J connectivity index is 0. The van der Waals surface area contributed by atoms with Gasteiger partial charge in [-0.05, 0) is 30.8 Å². The van der Waals surface area contributed by atoms with Crippen LogP contribution in [0.2, 0.25) is 0 Å². The Morgan fingerprint density at radius 3 is 1.80 bits per heavy atom. The highest BCUT2D eigenvalue weighted by Crippen LogP contribution is 1.98. The quantitative estimate of drug-likeness (QED) is 0.723. The average molecular weight is 275 g/mol. The molecule has 0 radical (unpaired) electrons. The molecule has 0 aliphatic carbocycles. The summed E-state index contributed by atoms with van der Waals surface area (Å²) in [4.78, 5) is 19.3. The third-order valence-corrected chi connectivity index (χ3v) is 1.71. The van der Waals surface area contributed by atoms with Crippen molar-refractivity contribution >= 4 is 17.9 Å². The van der Waals surface area contributed by atoms with Crippen LogP contribution in [0.5, 0.6) is 0 Å². The Labute approximate surface area is 119 Å². The van der Waals surface area contributed by atoms with Crippen molar-refractivity contribution in [2.45, 2.75) is 6.92 Å². The van der Waals surface area contributed by atoms with E-state index < -0.39 is 11.8 Å². The van der Waals surface area contributed by atoms with Crippen LogP contribution in [-0.2, 0) is 9.59 Å². The molecule has 108 valence electrons. The molecule has 1 rings (SSSR count). The molecule has 0 atom stereocenters. The maximum absolute atomic E-state index is 9.82. The number of primary amides is 2. The number of rotatable bonds is 3. The van der Waals surface area contributed by atoms with Crippen LogP contribution in [0.1, 0.15) is 12.5 Å². The summed E-state index contributed by atoms with van der Waals surface area (Å²) in [5, 5.41) is 0. The zero-order valence-electron chi connectivity index (χ0n) is 11.6. The topological polar surface area (TPSA) is 112 Å². The second-order valence-corrected chi connectivity index (χ2v) is 3.52. The molecular formula is C15H21N3O2. The number of benzene rings is 1. The van der Waals surface area contributed by atoms with Gasteiger partial charge in [-0.25, -0.2) is 0 Å². The lowest BCUT2D eigenvalue weighted by molar-refractivity contribution is -0.115. The first-order valence-electron chi connectivity index (χ1n) is 5.65. The van der Waals surface area contributed by atoms with Crippen LogP contribution >= 0.6 is 0 Å². The lowest BCUT2D eigenvalue weighted by atomic mass is 10.2. The molecule has 0 aromatic heterocycles. The largest absolute Gasteiger partial charge is 0.405 e.